The number of rotatable bonds is 5. The molecule has 0 aliphatic rings. The summed E-state index contributed by atoms with van der Waals surface area (Å²) in [7, 11) is 0. The summed E-state index contributed by atoms with van der Waals surface area (Å²) in [6.45, 7) is 8.39. The molecule has 2 aromatic heterocycles. The molecule has 2 heterocycles. The van der Waals surface area contributed by atoms with Crippen LogP contribution in [0.1, 0.15) is 23.6 Å². The van der Waals surface area contributed by atoms with Crippen molar-refractivity contribution in [3.05, 3.63) is 34.3 Å². The van der Waals surface area contributed by atoms with E-state index in [9.17, 15) is 0 Å². The highest BCUT2D eigenvalue weighted by Gasteiger charge is 2.05. The van der Waals surface area contributed by atoms with E-state index in [4.69, 9.17) is 0 Å². The van der Waals surface area contributed by atoms with E-state index < -0.39 is 0 Å². The van der Waals surface area contributed by atoms with E-state index in [1.165, 1.54) is 9.75 Å². The third-order valence-electron chi connectivity index (χ3n) is 2.51. The third kappa shape index (κ3) is 3.33. The first kappa shape index (κ1) is 12.2. The number of aromatic nitrogens is 2. The van der Waals surface area contributed by atoms with Gasteiger partial charge < -0.3 is 9.88 Å². The van der Waals surface area contributed by atoms with Crippen molar-refractivity contribution < 1.29 is 0 Å². The van der Waals surface area contributed by atoms with Crippen LogP contribution in [-0.2, 0) is 6.54 Å². The Kier molecular flexibility index (Phi) is 3.84. The minimum atomic E-state index is 0.629. The van der Waals surface area contributed by atoms with E-state index in [1.54, 1.807) is 0 Å². The molecule has 0 fully saturated rings. The average molecular weight is 249 g/mol. The Morgan fingerprint density at radius 1 is 1.41 bits per heavy atom. The number of thiophene rings is 1. The molecule has 4 heteroatoms. The van der Waals surface area contributed by atoms with Crippen molar-refractivity contribution in [2.24, 2.45) is 5.92 Å². The van der Waals surface area contributed by atoms with Gasteiger partial charge in [-0.1, -0.05) is 13.8 Å². The maximum Gasteiger partial charge on any atom is 0.203 e. The van der Waals surface area contributed by atoms with Crippen molar-refractivity contribution in [2.45, 2.75) is 27.3 Å². The molecule has 0 amide bonds. The van der Waals surface area contributed by atoms with Gasteiger partial charge in [0.2, 0.25) is 5.95 Å². The Morgan fingerprint density at radius 3 is 2.88 bits per heavy atom. The molecule has 2 aromatic rings. The fourth-order valence-corrected chi connectivity index (χ4v) is 2.53. The van der Waals surface area contributed by atoms with Gasteiger partial charge in [0.25, 0.3) is 0 Å². The highest BCUT2D eigenvalue weighted by molar-refractivity contribution is 7.11. The second kappa shape index (κ2) is 5.36. The van der Waals surface area contributed by atoms with Gasteiger partial charge in [0.1, 0.15) is 0 Å². The van der Waals surface area contributed by atoms with Crippen molar-refractivity contribution in [1.82, 2.24) is 9.55 Å². The molecule has 2 rings (SSSR count). The summed E-state index contributed by atoms with van der Waals surface area (Å²) in [6, 6.07) is 4.35. The van der Waals surface area contributed by atoms with Gasteiger partial charge in [0.15, 0.2) is 0 Å². The zero-order valence-electron chi connectivity index (χ0n) is 10.6. The summed E-state index contributed by atoms with van der Waals surface area (Å²) in [5.74, 6) is 1.59. The van der Waals surface area contributed by atoms with E-state index in [1.807, 2.05) is 23.7 Å². The fraction of sp³-hybridized carbons (Fsp3) is 0.462. The predicted molar refractivity (Wildman–Crippen MR) is 73.7 cm³/mol. The number of imidazole rings is 1. The fourth-order valence-electron chi connectivity index (χ4n) is 1.64. The number of hydrogen-bond donors (Lipinski definition) is 1. The predicted octanol–water partition coefficient (Wildman–Crippen LogP) is 3.37. The van der Waals surface area contributed by atoms with Crippen molar-refractivity contribution in [3.8, 4) is 0 Å². The summed E-state index contributed by atoms with van der Waals surface area (Å²) in [4.78, 5) is 7.07. The Balaban J connectivity index is 2.03. The van der Waals surface area contributed by atoms with Gasteiger partial charge in [-0.15, -0.1) is 11.3 Å². The van der Waals surface area contributed by atoms with Crippen LogP contribution in [0.5, 0.6) is 0 Å². The summed E-state index contributed by atoms with van der Waals surface area (Å²) in [5.41, 5.74) is 0. The number of aryl methyl sites for hydroxylation is 1. The lowest BCUT2D eigenvalue weighted by Gasteiger charge is -2.10. The molecule has 92 valence electrons. The topological polar surface area (TPSA) is 29.9 Å². The Bertz CT molecular complexity index is 470. The molecule has 0 aliphatic heterocycles. The Morgan fingerprint density at radius 2 is 2.24 bits per heavy atom. The third-order valence-corrected chi connectivity index (χ3v) is 3.49. The molecule has 0 atom stereocenters. The molecule has 17 heavy (non-hydrogen) atoms. The highest BCUT2D eigenvalue weighted by Crippen LogP contribution is 2.18. The number of hydrogen-bond acceptors (Lipinski definition) is 3. The quantitative estimate of drug-likeness (QED) is 0.880. The zero-order valence-corrected chi connectivity index (χ0v) is 11.4. The number of nitrogens with one attached hydrogen (secondary N) is 1. The summed E-state index contributed by atoms with van der Waals surface area (Å²) in [5, 5.41) is 3.38. The lowest BCUT2D eigenvalue weighted by atomic mass is 10.2. The SMILES string of the molecule is Cc1ccc(Cn2ccnc2NCC(C)C)s1. The van der Waals surface area contributed by atoms with E-state index in [0.717, 1.165) is 19.0 Å². The minimum absolute atomic E-state index is 0.629. The van der Waals surface area contributed by atoms with E-state index >= 15 is 0 Å². The molecular weight excluding hydrogens is 230 g/mol. The molecule has 0 saturated carbocycles. The normalized spacial score (nSPS) is 11.1. The molecule has 0 unspecified atom stereocenters. The van der Waals surface area contributed by atoms with Crippen molar-refractivity contribution in [1.29, 1.82) is 0 Å². The van der Waals surface area contributed by atoms with Crippen molar-refractivity contribution in [3.63, 3.8) is 0 Å². The Labute approximate surface area is 107 Å². The van der Waals surface area contributed by atoms with Gasteiger partial charge in [-0.3, -0.25) is 0 Å². The molecule has 0 saturated heterocycles. The highest BCUT2D eigenvalue weighted by atomic mass is 32.1. The second-order valence-corrected chi connectivity index (χ2v) is 6.04. The van der Waals surface area contributed by atoms with Crippen molar-refractivity contribution >= 4 is 17.3 Å². The van der Waals surface area contributed by atoms with Gasteiger partial charge in [0, 0.05) is 28.7 Å². The summed E-state index contributed by atoms with van der Waals surface area (Å²) in [6.07, 6.45) is 3.88. The van der Waals surface area contributed by atoms with Crippen LogP contribution >= 0.6 is 11.3 Å². The average Bonchev–Trinajstić information content (AvgIpc) is 2.86. The van der Waals surface area contributed by atoms with E-state index in [2.05, 4.69) is 47.8 Å². The second-order valence-electron chi connectivity index (χ2n) is 4.67. The van der Waals surface area contributed by atoms with Crippen LogP contribution in [0.4, 0.5) is 5.95 Å². The van der Waals surface area contributed by atoms with Gasteiger partial charge in [-0.25, -0.2) is 4.98 Å². The van der Waals surface area contributed by atoms with Gasteiger partial charge in [-0.2, -0.15) is 0 Å². The summed E-state index contributed by atoms with van der Waals surface area (Å²) >= 11 is 1.84. The van der Waals surface area contributed by atoms with Crippen LogP contribution in [0.2, 0.25) is 0 Å². The van der Waals surface area contributed by atoms with Crippen LogP contribution < -0.4 is 5.32 Å². The van der Waals surface area contributed by atoms with Crippen molar-refractivity contribution in [2.75, 3.05) is 11.9 Å². The molecule has 0 radical (unpaired) electrons. The minimum Gasteiger partial charge on any atom is -0.355 e. The van der Waals surface area contributed by atoms with E-state index in [0.29, 0.717) is 5.92 Å². The molecule has 0 spiro atoms. The van der Waals surface area contributed by atoms with Gasteiger partial charge in [-0.05, 0) is 25.0 Å². The standard InChI is InChI=1S/C13H19N3S/c1-10(2)8-15-13-14-6-7-16(13)9-12-5-4-11(3)17-12/h4-7,10H,8-9H2,1-3H3,(H,14,15). The maximum absolute atomic E-state index is 4.35. The first-order valence-corrected chi connectivity index (χ1v) is 6.77. The number of nitrogens with zero attached hydrogens (tertiary/aromatic N) is 2. The van der Waals surface area contributed by atoms with E-state index in [-0.39, 0.29) is 0 Å². The monoisotopic (exact) mass is 249 g/mol. The molecule has 1 N–H and O–H groups in total. The number of anilines is 1. The largest absolute Gasteiger partial charge is 0.355 e. The lowest BCUT2D eigenvalue weighted by molar-refractivity contribution is 0.677. The van der Waals surface area contributed by atoms with Gasteiger partial charge in [0.05, 0.1) is 6.54 Å². The lowest BCUT2D eigenvalue weighted by Crippen LogP contribution is -2.12. The summed E-state index contributed by atoms with van der Waals surface area (Å²) < 4.78 is 2.16. The molecule has 0 aromatic carbocycles. The molecule has 0 bridgehead atoms. The molecular formula is C13H19N3S. The first-order valence-electron chi connectivity index (χ1n) is 5.95. The van der Waals surface area contributed by atoms with Gasteiger partial charge >= 0.3 is 0 Å². The molecule has 3 nitrogen and oxygen atoms in total. The van der Waals surface area contributed by atoms with Crippen LogP contribution in [0.3, 0.4) is 0 Å². The van der Waals surface area contributed by atoms with Crippen LogP contribution in [-0.4, -0.2) is 16.1 Å². The first-order chi connectivity index (χ1) is 8.15. The Hall–Kier alpha value is -1.29. The van der Waals surface area contributed by atoms with Crippen LogP contribution in [0.25, 0.3) is 0 Å². The zero-order chi connectivity index (χ0) is 12.3. The smallest absolute Gasteiger partial charge is 0.203 e. The van der Waals surface area contributed by atoms with Crippen LogP contribution in [0.15, 0.2) is 24.5 Å². The molecule has 0 aliphatic carbocycles. The van der Waals surface area contributed by atoms with Crippen LogP contribution in [0, 0.1) is 12.8 Å². The maximum atomic E-state index is 4.35.